The van der Waals surface area contributed by atoms with E-state index in [1.165, 1.54) is 12.8 Å². The summed E-state index contributed by atoms with van der Waals surface area (Å²) in [5.41, 5.74) is 5.49. The molecule has 112 valence electrons. The fourth-order valence-electron chi connectivity index (χ4n) is 2.42. The summed E-state index contributed by atoms with van der Waals surface area (Å²) >= 11 is 0. The second kappa shape index (κ2) is 8.54. The first-order valence-electron chi connectivity index (χ1n) is 7.77. The van der Waals surface area contributed by atoms with Gasteiger partial charge in [-0.1, -0.05) is 27.2 Å². The molecule has 1 aliphatic rings. The lowest BCUT2D eigenvalue weighted by atomic mass is 9.96. The molecule has 4 heteroatoms. The quantitative estimate of drug-likeness (QED) is 0.714. The van der Waals surface area contributed by atoms with E-state index in [4.69, 9.17) is 5.73 Å². The van der Waals surface area contributed by atoms with Gasteiger partial charge in [-0.05, 0) is 31.8 Å². The van der Waals surface area contributed by atoms with Crippen molar-refractivity contribution in [3.63, 3.8) is 0 Å². The number of nitrogens with two attached hydrogens (primary N) is 1. The molecule has 0 aromatic heterocycles. The van der Waals surface area contributed by atoms with E-state index in [1.54, 1.807) is 0 Å². The van der Waals surface area contributed by atoms with Crippen LogP contribution in [0.5, 0.6) is 0 Å². The predicted molar refractivity (Wildman–Crippen MR) is 79.9 cm³/mol. The standard InChI is InChI=1S/C15H31N3O/c1-13(2)14(3)15(19)18-11-9-17(10-12-18)8-6-4-5-7-16/h13-14H,4-12,16H2,1-3H3. The molecule has 1 aliphatic heterocycles. The molecule has 0 aromatic rings. The summed E-state index contributed by atoms with van der Waals surface area (Å²) in [6.07, 6.45) is 3.58. The number of nitrogens with zero attached hydrogens (tertiary/aromatic N) is 2. The van der Waals surface area contributed by atoms with Gasteiger partial charge in [-0.25, -0.2) is 0 Å². The van der Waals surface area contributed by atoms with Crippen LogP contribution in [0.1, 0.15) is 40.0 Å². The normalized spacial score (nSPS) is 18.9. The highest BCUT2D eigenvalue weighted by Gasteiger charge is 2.25. The summed E-state index contributed by atoms with van der Waals surface area (Å²) < 4.78 is 0. The first-order chi connectivity index (χ1) is 9.06. The molecule has 4 nitrogen and oxygen atoms in total. The lowest BCUT2D eigenvalue weighted by molar-refractivity contribution is -0.138. The number of piperazine rings is 1. The average molecular weight is 269 g/mol. The Kier molecular flexibility index (Phi) is 7.39. The van der Waals surface area contributed by atoms with Gasteiger partial charge in [-0.2, -0.15) is 0 Å². The maximum atomic E-state index is 12.2. The van der Waals surface area contributed by atoms with E-state index >= 15 is 0 Å². The van der Waals surface area contributed by atoms with Gasteiger partial charge in [-0.3, -0.25) is 9.69 Å². The zero-order valence-electron chi connectivity index (χ0n) is 12.9. The Hall–Kier alpha value is -0.610. The van der Waals surface area contributed by atoms with Crippen LogP contribution in [0.25, 0.3) is 0 Å². The number of hydrogen-bond acceptors (Lipinski definition) is 3. The highest BCUT2D eigenvalue weighted by atomic mass is 16.2. The second-order valence-electron chi connectivity index (χ2n) is 6.05. The molecule has 2 N–H and O–H groups in total. The Balaban J connectivity index is 2.23. The monoisotopic (exact) mass is 269 g/mol. The van der Waals surface area contributed by atoms with Crippen LogP contribution in [-0.2, 0) is 4.79 Å². The Bertz CT molecular complexity index is 260. The van der Waals surface area contributed by atoms with Gasteiger partial charge in [0.25, 0.3) is 0 Å². The molecule has 1 saturated heterocycles. The lowest BCUT2D eigenvalue weighted by Crippen LogP contribution is -2.50. The molecule has 1 heterocycles. The fraction of sp³-hybridized carbons (Fsp3) is 0.933. The van der Waals surface area contributed by atoms with Crippen molar-refractivity contribution in [3.8, 4) is 0 Å². The van der Waals surface area contributed by atoms with Crippen molar-refractivity contribution in [1.29, 1.82) is 0 Å². The molecule has 0 aromatic carbocycles. The third kappa shape index (κ3) is 5.49. The largest absolute Gasteiger partial charge is 0.340 e. The molecule has 1 atom stereocenters. The molecular formula is C15H31N3O. The molecule has 1 unspecified atom stereocenters. The molecule has 0 radical (unpaired) electrons. The van der Waals surface area contributed by atoms with Crippen molar-refractivity contribution >= 4 is 5.91 Å². The van der Waals surface area contributed by atoms with Gasteiger partial charge in [0.2, 0.25) is 5.91 Å². The molecular weight excluding hydrogens is 238 g/mol. The van der Waals surface area contributed by atoms with E-state index in [1.807, 2.05) is 11.8 Å². The van der Waals surface area contributed by atoms with Crippen LogP contribution < -0.4 is 5.73 Å². The Morgan fingerprint density at radius 2 is 1.68 bits per heavy atom. The SMILES string of the molecule is CC(C)C(C)C(=O)N1CCN(CCCCCN)CC1. The van der Waals surface area contributed by atoms with Crippen molar-refractivity contribution < 1.29 is 4.79 Å². The maximum absolute atomic E-state index is 12.2. The third-order valence-electron chi connectivity index (χ3n) is 4.25. The second-order valence-corrected chi connectivity index (χ2v) is 6.05. The van der Waals surface area contributed by atoms with E-state index in [9.17, 15) is 4.79 Å². The van der Waals surface area contributed by atoms with Crippen LogP contribution in [0.2, 0.25) is 0 Å². The van der Waals surface area contributed by atoms with Crippen molar-refractivity contribution in [2.45, 2.75) is 40.0 Å². The van der Waals surface area contributed by atoms with Gasteiger partial charge < -0.3 is 10.6 Å². The molecule has 0 spiro atoms. The minimum absolute atomic E-state index is 0.149. The highest BCUT2D eigenvalue weighted by Crippen LogP contribution is 2.15. The molecule has 0 saturated carbocycles. The zero-order valence-corrected chi connectivity index (χ0v) is 12.9. The van der Waals surface area contributed by atoms with Crippen LogP contribution in [0.4, 0.5) is 0 Å². The number of carbonyl (C=O) groups is 1. The molecule has 0 bridgehead atoms. The van der Waals surface area contributed by atoms with Crippen molar-refractivity contribution in [2.75, 3.05) is 39.3 Å². The lowest BCUT2D eigenvalue weighted by Gasteiger charge is -2.36. The predicted octanol–water partition coefficient (Wildman–Crippen LogP) is 1.55. The molecule has 1 fully saturated rings. The Morgan fingerprint density at radius 3 is 2.21 bits per heavy atom. The van der Waals surface area contributed by atoms with Gasteiger partial charge in [0.15, 0.2) is 0 Å². The minimum Gasteiger partial charge on any atom is -0.340 e. The van der Waals surface area contributed by atoms with E-state index in [0.29, 0.717) is 11.8 Å². The van der Waals surface area contributed by atoms with Crippen LogP contribution in [0.3, 0.4) is 0 Å². The fourth-order valence-corrected chi connectivity index (χ4v) is 2.42. The zero-order chi connectivity index (χ0) is 14.3. The number of rotatable bonds is 7. The summed E-state index contributed by atoms with van der Waals surface area (Å²) in [5.74, 6) is 0.913. The van der Waals surface area contributed by atoms with Gasteiger partial charge in [0, 0.05) is 32.1 Å². The molecule has 19 heavy (non-hydrogen) atoms. The third-order valence-corrected chi connectivity index (χ3v) is 4.25. The average Bonchev–Trinajstić information content (AvgIpc) is 2.42. The highest BCUT2D eigenvalue weighted by molar-refractivity contribution is 5.78. The van der Waals surface area contributed by atoms with Crippen molar-refractivity contribution in [2.24, 2.45) is 17.6 Å². The number of amides is 1. The number of unbranched alkanes of at least 4 members (excludes halogenated alkanes) is 2. The molecule has 1 amide bonds. The summed E-state index contributed by atoms with van der Waals surface area (Å²) in [6, 6.07) is 0. The van der Waals surface area contributed by atoms with Gasteiger partial charge in [0.1, 0.15) is 0 Å². The van der Waals surface area contributed by atoms with Gasteiger partial charge in [0.05, 0.1) is 0 Å². The molecule has 1 rings (SSSR count). The summed E-state index contributed by atoms with van der Waals surface area (Å²) in [6.45, 7) is 12.1. The van der Waals surface area contributed by atoms with Crippen molar-refractivity contribution in [1.82, 2.24) is 9.80 Å². The van der Waals surface area contributed by atoms with Crippen molar-refractivity contribution in [3.05, 3.63) is 0 Å². The Morgan fingerprint density at radius 1 is 1.05 bits per heavy atom. The number of hydrogen-bond donors (Lipinski definition) is 1. The van der Waals surface area contributed by atoms with E-state index in [0.717, 1.165) is 45.7 Å². The topological polar surface area (TPSA) is 49.6 Å². The smallest absolute Gasteiger partial charge is 0.225 e. The van der Waals surface area contributed by atoms with E-state index in [2.05, 4.69) is 18.7 Å². The summed E-state index contributed by atoms with van der Waals surface area (Å²) in [5, 5.41) is 0. The molecule has 0 aliphatic carbocycles. The summed E-state index contributed by atoms with van der Waals surface area (Å²) in [4.78, 5) is 16.8. The first kappa shape index (κ1) is 16.4. The van der Waals surface area contributed by atoms with Gasteiger partial charge in [-0.15, -0.1) is 0 Å². The van der Waals surface area contributed by atoms with Crippen LogP contribution in [-0.4, -0.2) is 55.0 Å². The summed E-state index contributed by atoms with van der Waals surface area (Å²) in [7, 11) is 0. The van der Waals surface area contributed by atoms with Crippen LogP contribution in [0.15, 0.2) is 0 Å². The van der Waals surface area contributed by atoms with Gasteiger partial charge >= 0.3 is 0 Å². The maximum Gasteiger partial charge on any atom is 0.225 e. The number of carbonyl (C=O) groups excluding carboxylic acids is 1. The van der Waals surface area contributed by atoms with E-state index in [-0.39, 0.29) is 5.92 Å². The van der Waals surface area contributed by atoms with Crippen LogP contribution >= 0.6 is 0 Å². The van der Waals surface area contributed by atoms with Crippen LogP contribution in [0, 0.1) is 11.8 Å². The first-order valence-corrected chi connectivity index (χ1v) is 7.77. The minimum atomic E-state index is 0.149. The Labute approximate surface area is 118 Å². The van der Waals surface area contributed by atoms with E-state index < -0.39 is 0 Å².